The second kappa shape index (κ2) is 21.0. The molecule has 0 radical (unpaired) electrons. The van der Waals surface area contributed by atoms with Gasteiger partial charge in [0.25, 0.3) is 0 Å². The first-order valence-electron chi connectivity index (χ1n) is 30.7. The van der Waals surface area contributed by atoms with E-state index in [4.69, 9.17) is 0 Å². The lowest BCUT2D eigenvalue weighted by atomic mass is 9.90. The summed E-state index contributed by atoms with van der Waals surface area (Å²) in [5.74, 6) is 0.594. The number of hydrogen-bond acceptors (Lipinski definition) is 9. The van der Waals surface area contributed by atoms with Crippen LogP contribution in [0.5, 0.6) is 0 Å². The second-order valence-electron chi connectivity index (χ2n) is 24.3. The highest BCUT2D eigenvalue weighted by molar-refractivity contribution is 8.01. The summed E-state index contributed by atoms with van der Waals surface area (Å²) in [6, 6.07) is 90.8. The van der Waals surface area contributed by atoms with Crippen molar-refractivity contribution in [3.05, 3.63) is 248 Å². The predicted octanol–water partition coefficient (Wildman–Crippen LogP) is 23.7. The van der Waals surface area contributed by atoms with Crippen LogP contribution < -0.4 is 0 Å². The van der Waals surface area contributed by atoms with E-state index >= 15 is 0 Å². The van der Waals surface area contributed by atoms with Gasteiger partial charge in [-0.05, 0) is 124 Å². The minimum absolute atomic E-state index is 0.0732. The van der Waals surface area contributed by atoms with Crippen LogP contribution in [0.1, 0.15) is 5.01 Å². The quantitative estimate of drug-likeness (QED) is 0.124. The van der Waals surface area contributed by atoms with Crippen LogP contribution in [0.4, 0.5) is 0 Å². The summed E-state index contributed by atoms with van der Waals surface area (Å²) in [5.41, 5.74) is 13.5. The van der Waals surface area contributed by atoms with Crippen molar-refractivity contribution in [1.82, 2.24) is 19.3 Å². The average molecular weight is 1280 g/mol. The van der Waals surface area contributed by atoms with Crippen molar-refractivity contribution in [2.24, 2.45) is 5.41 Å². The molecule has 0 bridgehead atoms. The number of thioether (sulfide) groups is 1. The van der Waals surface area contributed by atoms with Crippen LogP contribution in [-0.2, 0) is 13.1 Å². The Morgan fingerprint density at radius 3 is 0.945 bits per heavy atom. The van der Waals surface area contributed by atoms with E-state index in [0.29, 0.717) is 18.8 Å². The van der Waals surface area contributed by atoms with Crippen molar-refractivity contribution in [3.8, 4) is 44.5 Å². The summed E-state index contributed by atoms with van der Waals surface area (Å²) in [6.45, 7) is 3.01. The third-order valence-electron chi connectivity index (χ3n) is 18.9. The van der Waals surface area contributed by atoms with Crippen LogP contribution in [0.25, 0.3) is 169 Å². The van der Waals surface area contributed by atoms with E-state index in [-0.39, 0.29) is 6.61 Å². The smallest absolute Gasteiger partial charge is 0.174 e. The number of thiophene rings is 4. The molecule has 0 unspecified atom stereocenters. The van der Waals surface area contributed by atoms with Gasteiger partial charge in [-0.15, -0.1) is 55.5 Å². The molecule has 19 rings (SSSR count). The number of nitrogens with zero attached hydrogens (tertiary/aromatic N) is 4. The SMILES string of the molecule is Cc1nnc(SCC(CO)(Cn2c3ccc(-c4cccc5c4sc4ccccc45)cc3c3cc(-c4cccc5c4sc4ccccc45)ccc32)Cn2c3ccc(-c4cccc5c4sc4ccccc45)cc3c3cc(-c4cccc5c4sc4ccccc45)ccc32)s1. The zero-order valence-corrected chi connectivity index (χ0v) is 54.0. The highest BCUT2D eigenvalue weighted by Gasteiger charge is 2.35. The van der Waals surface area contributed by atoms with Gasteiger partial charge in [-0.2, -0.15) is 0 Å². The molecule has 0 amide bonds. The third-order valence-corrected chi connectivity index (χ3v) is 26.1. The molecular formula is C80H52N4OS6. The first-order chi connectivity index (χ1) is 44.9. The van der Waals surface area contributed by atoms with E-state index in [1.165, 1.54) is 147 Å². The number of fused-ring (bicyclic) bond motifs is 18. The molecule has 0 saturated carbocycles. The van der Waals surface area contributed by atoms with Crippen molar-refractivity contribution >= 4 is 193 Å². The lowest BCUT2D eigenvalue weighted by Gasteiger charge is -2.34. The summed E-state index contributed by atoms with van der Waals surface area (Å²) in [5, 5.41) is 37.9. The van der Waals surface area contributed by atoms with Gasteiger partial charge in [0.05, 0.1) is 6.61 Å². The number of aryl methyl sites for hydroxylation is 1. The van der Waals surface area contributed by atoms with Gasteiger partial charge in [-0.25, -0.2) is 0 Å². The van der Waals surface area contributed by atoms with Crippen molar-refractivity contribution in [1.29, 1.82) is 0 Å². The summed E-state index contributed by atoms with van der Waals surface area (Å²) in [7, 11) is 0. The third kappa shape index (κ3) is 8.56. The maximum atomic E-state index is 12.7. The first kappa shape index (κ1) is 53.8. The average Bonchev–Trinajstić information content (AvgIpc) is 1.64. The fraction of sp³-hybridized carbons (Fsp3) is 0.0750. The van der Waals surface area contributed by atoms with Crippen LogP contribution in [0, 0.1) is 12.3 Å². The lowest BCUT2D eigenvalue weighted by Crippen LogP contribution is -2.38. The minimum atomic E-state index is -0.729. The molecule has 0 fully saturated rings. The number of aliphatic hydroxyl groups excluding tert-OH is 1. The van der Waals surface area contributed by atoms with E-state index in [1.54, 1.807) is 23.1 Å². The Balaban J connectivity index is 0.817. The Hall–Kier alpha value is -9.01. The minimum Gasteiger partial charge on any atom is -0.396 e. The van der Waals surface area contributed by atoms with Crippen LogP contribution in [-0.4, -0.2) is 36.8 Å². The van der Waals surface area contributed by atoms with Gasteiger partial charge >= 0.3 is 0 Å². The van der Waals surface area contributed by atoms with Crippen LogP contribution in [0.2, 0.25) is 0 Å². The number of hydrogen-bond donors (Lipinski definition) is 1. The molecule has 0 spiro atoms. The lowest BCUT2D eigenvalue weighted by molar-refractivity contribution is 0.114. The van der Waals surface area contributed by atoms with Gasteiger partial charge in [-0.3, -0.25) is 0 Å². The summed E-state index contributed by atoms with van der Waals surface area (Å²) >= 11 is 10.8. The zero-order chi connectivity index (χ0) is 60.1. The molecule has 0 aliphatic rings. The van der Waals surface area contributed by atoms with Crippen molar-refractivity contribution in [3.63, 3.8) is 0 Å². The Bertz CT molecular complexity index is 5510. The summed E-state index contributed by atoms with van der Waals surface area (Å²) in [4.78, 5) is 0. The molecular weight excluding hydrogens is 1230 g/mol. The Kier molecular flexibility index (Phi) is 12.4. The Morgan fingerprint density at radius 1 is 0.341 bits per heavy atom. The molecule has 91 heavy (non-hydrogen) atoms. The van der Waals surface area contributed by atoms with E-state index in [9.17, 15) is 5.11 Å². The largest absolute Gasteiger partial charge is 0.396 e. The molecule has 0 saturated heterocycles. The topological polar surface area (TPSA) is 55.9 Å². The molecule has 0 atom stereocenters. The van der Waals surface area contributed by atoms with E-state index < -0.39 is 5.41 Å². The van der Waals surface area contributed by atoms with Gasteiger partial charge in [0, 0.05) is 149 Å². The van der Waals surface area contributed by atoms with Gasteiger partial charge < -0.3 is 14.2 Å². The Morgan fingerprint density at radius 2 is 0.648 bits per heavy atom. The maximum Gasteiger partial charge on any atom is 0.174 e. The normalized spacial score (nSPS) is 12.5. The van der Waals surface area contributed by atoms with E-state index in [0.717, 1.165) is 31.4 Å². The van der Waals surface area contributed by atoms with E-state index in [2.05, 4.69) is 262 Å². The molecule has 1 N–H and O–H groups in total. The summed E-state index contributed by atoms with van der Waals surface area (Å²) in [6.07, 6.45) is 0. The fourth-order valence-corrected chi connectivity index (χ4v) is 21.6. The highest BCUT2D eigenvalue weighted by Crippen LogP contribution is 2.49. The van der Waals surface area contributed by atoms with Gasteiger partial charge in [0.1, 0.15) is 5.01 Å². The van der Waals surface area contributed by atoms with Crippen molar-refractivity contribution in [2.45, 2.75) is 24.4 Å². The van der Waals surface area contributed by atoms with Gasteiger partial charge in [-0.1, -0.05) is 193 Å². The number of benzene rings is 12. The highest BCUT2D eigenvalue weighted by atomic mass is 32.2. The molecule has 7 heterocycles. The van der Waals surface area contributed by atoms with Crippen molar-refractivity contribution in [2.75, 3.05) is 12.4 Å². The monoisotopic (exact) mass is 1280 g/mol. The van der Waals surface area contributed by atoms with Gasteiger partial charge in [0.2, 0.25) is 0 Å². The summed E-state index contributed by atoms with van der Waals surface area (Å²) < 4.78 is 16.3. The Labute approximate surface area is 547 Å². The van der Waals surface area contributed by atoms with Crippen LogP contribution >= 0.6 is 68.4 Å². The fourth-order valence-electron chi connectivity index (χ4n) is 14.6. The molecule has 0 aliphatic carbocycles. The zero-order valence-electron chi connectivity index (χ0n) is 49.1. The maximum absolute atomic E-state index is 12.7. The standard InChI is InChI=1S/C80H52N4OS6/c1-46-81-82-79(87-46)86-45-80(44-85,42-83-67-34-30-47(51-18-10-22-59-55-14-2-6-26-71(55)88-75(51)59)38-63(67)64-39-48(31-35-68(64)83)52-19-11-23-60-56-15-3-7-27-72(56)89-76(52)60)43-84-69-36-32-49(53-20-12-24-61-57-16-4-8-28-73(57)90-77(53)61)40-65(69)66-41-50(33-37-70(66)84)54-21-13-25-62-58-17-5-9-29-74(58)91-78(54)62/h2-41,85H,42-45H2,1H3. The second-order valence-corrected chi connectivity index (χ2v) is 30.9. The number of aromatic nitrogens is 4. The molecule has 0 aliphatic heterocycles. The van der Waals surface area contributed by atoms with Gasteiger partial charge in [0.15, 0.2) is 4.34 Å². The number of aliphatic hydroxyl groups is 1. The predicted molar refractivity (Wildman–Crippen MR) is 397 cm³/mol. The van der Waals surface area contributed by atoms with Crippen LogP contribution in [0.3, 0.4) is 0 Å². The molecule has 5 nitrogen and oxygen atoms in total. The molecule has 434 valence electrons. The van der Waals surface area contributed by atoms with Crippen molar-refractivity contribution < 1.29 is 5.11 Å². The molecule has 7 aromatic heterocycles. The number of rotatable bonds is 12. The first-order valence-corrected chi connectivity index (χ1v) is 35.7. The van der Waals surface area contributed by atoms with Crippen LogP contribution in [0.15, 0.2) is 247 Å². The van der Waals surface area contributed by atoms with E-state index in [1.807, 2.05) is 52.3 Å². The molecule has 19 aromatic rings. The molecule has 11 heteroatoms. The molecule has 12 aromatic carbocycles.